The summed E-state index contributed by atoms with van der Waals surface area (Å²) in [6.45, 7) is 5.82. The lowest BCUT2D eigenvalue weighted by Crippen LogP contribution is -2.43. The van der Waals surface area contributed by atoms with E-state index in [9.17, 15) is 8.42 Å². The number of aryl methyl sites for hydroxylation is 2. The number of sulfonamides is 1. The topological polar surface area (TPSA) is 74.6 Å². The molecule has 1 fully saturated rings. The predicted octanol–water partition coefficient (Wildman–Crippen LogP) is 0.988. The fourth-order valence-corrected chi connectivity index (χ4v) is 4.60. The molecule has 0 unspecified atom stereocenters. The molecule has 2 heterocycles. The standard InChI is InChI=1S/C14H25N3O3S/c1-10-13(9-15-3)14(11(2)20-10)21(18,19)16-12-5-7-17(4)8-6-12/h12,15-16H,5-9H2,1-4H3. The Morgan fingerprint density at radius 2 is 1.86 bits per heavy atom. The van der Waals surface area contributed by atoms with Crippen LogP contribution in [0.4, 0.5) is 0 Å². The quantitative estimate of drug-likeness (QED) is 0.847. The molecule has 120 valence electrons. The maximum atomic E-state index is 12.7. The summed E-state index contributed by atoms with van der Waals surface area (Å²) in [7, 11) is 0.307. The molecule has 1 aliphatic rings. The monoisotopic (exact) mass is 315 g/mol. The Hall–Kier alpha value is -0.890. The van der Waals surface area contributed by atoms with Gasteiger partial charge in [0, 0.05) is 18.2 Å². The molecular weight excluding hydrogens is 290 g/mol. The number of nitrogens with one attached hydrogen (secondary N) is 2. The van der Waals surface area contributed by atoms with Crippen molar-refractivity contribution in [2.45, 2.75) is 44.2 Å². The van der Waals surface area contributed by atoms with Gasteiger partial charge in [-0.05, 0) is 53.9 Å². The second kappa shape index (κ2) is 6.48. The van der Waals surface area contributed by atoms with E-state index in [2.05, 4.69) is 22.0 Å². The average Bonchev–Trinajstić information content (AvgIpc) is 2.68. The third-order valence-corrected chi connectivity index (χ3v) is 5.70. The van der Waals surface area contributed by atoms with E-state index < -0.39 is 10.0 Å². The van der Waals surface area contributed by atoms with Gasteiger partial charge < -0.3 is 14.6 Å². The first-order valence-corrected chi connectivity index (χ1v) is 8.77. The van der Waals surface area contributed by atoms with Crippen molar-refractivity contribution in [3.05, 3.63) is 17.1 Å². The summed E-state index contributed by atoms with van der Waals surface area (Å²) in [5.41, 5.74) is 0.718. The van der Waals surface area contributed by atoms with Crippen molar-refractivity contribution in [2.24, 2.45) is 0 Å². The van der Waals surface area contributed by atoms with Gasteiger partial charge in [-0.3, -0.25) is 0 Å². The van der Waals surface area contributed by atoms with Crippen molar-refractivity contribution < 1.29 is 12.8 Å². The molecule has 1 saturated heterocycles. The Morgan fingerprint density at radius 1 is 1.24 bits per heavy atom. The zero-order valence-electron chi connectivity index (χ0n) is 13.2. The Balaban J connectivity index is 2.23. The minimum atomic E-state index is -3.54. The molecule has 1 aromatic rings. The molecular formula is C14H25N3O3S. The molecule has 0 aromatic carbocycles. The van der Waals surface area contributed by atoms with Gasteiger partial charge in [-0.15, -0.1) is 0 Å². The van der Waals surface area contributed by atoms with Crippen molar-refractivity contribution in [3.8, 4) is 0 Å². The summed E-state index contributed by atoms with van der Waals surface area (Å²) in [4.78, 5) is 2.51. The van der Waals surface area contributed by atoms with Crippen LogP contribution in [0.3, 0.4) is 0 Å². The zero-order chi connectivity index (χ0) is 15.6. The number of hydrogen-bond donors (Lipinski definition) is 2. The maximum absolute atomic E-state index is 12.7. The number of rotatable bonds is 5. The van der Waals surface area contributed by atoms with E-state index in [1.807, 2.05) is 0 Å². The van der Waals surface area contributed by atoms with Crippen LogP contribution in [0.5, 0.6) is 0 Å². The van der Waals surface area contributed by atoms with Gasteiger partial charge in [0.05, 0.1) is 0 Å². The van der Waals surface area contributed by atoms with Crippen LogP contribution in [-0.2, 0) is 16.6 Å². The summed E-state index contributed by atoms with van der Waals surface area (Å²) >= 11 is 0. The van der Waals surface area contributed by atoms with E-state index in [-0.39, 0.29) is 6.04 Å². The third-order valence-electron chi connectivity index (χ3n) is 3.99. The highest BCUT2D eigenvalue weighted by Gasteiger charge is 2.29. The van der Waals surface area contributed by atoms with Crippen LogP contribution in [0.1, 0.15) is 29.9 Å². The first-order chi connectivity index (χ1) is 9.85. The molecule has 0 spiro atoms. The highest BCUT2D eigenvalue weighted by molar-refractivity contribution is 7.89. The van der Waals surface area contributed by atoms with Crippen molar-refractivity contribution in [3.63, 3.8) is 0 Å². The first-order valence-electron chi connectivity index (χ1n) is 7.29. The normalized spacial score (nSPS) is 18.3. The molecule has 0 bridgehead atoms. The summed E-state index contributed by atoms with van der Waals surface area (Å²) < 4.78 is 33.8. The van der Waals surface area contributed by atoms with Crippen LogP contribution >= 0.6 is 0 Å². The van der Waals surface area contributed by atoms with Crippen LogP contribution in [0.25, 0.3) is 0 Å². The minimum Gasteiger partial charge on any atom is -0.465 e. The molecule has 21 heavy (non-hydrogen) atoms. The van der Waals surface area contributed by atoms with E-state index in [0.717, 1.165) is 31.5 Å². The molecule has 0 aliphatic carbocycles. The van der Waals surface area contributed by atoms with E-state index in [1.54, 1.807) is 20.9 Å². The molecule has 0 saturated carbocycles. The zero-order valence-corrected chi connectivity index (χ0v) is 14.0. The SMILES string of the molecule is CNCc1c(C)oc(C)c1S(=O)(=O)NC1CCN(C)CC1. The molecule has 0 radical (unpaired) electrons. The molecule has 2 N–H and O–H groups in total. The highest BCUT2D eigenvalue weighted by Crippen LogP contribution is 2.27. The Morgan fingerprint density at radius 3 is 2.43 bits per heavy atom. The maximum Gasteiger partial charge on any atom is 0.244 e. The van der Waals surface area contributed by atoms with Gasteiger partial charge in [-0.25, -0.2) is 13.1 Å². The first kappa shape index (κ1) is 16.5. The van der Waals surface area contributed by atoms with Crippen LogP contribution in [0, 0.1) is 13.8 Å². The summed E-state index contributed by atoms with van der Waals surface area (Å²) in [6.07, 6.45) is 1.68. The van der Waals surface area contributed by atoms with Crippen LogP contribution in [0.2, 0.25) is 0 Å². The number of nitrogens with zero attached hydrogens (tertiary/aromatic N) is 1. The van der Waals surface area contributed by atoms with Crippen LogP contribution in [-0.4, -0.2) is 46.5 Å². The fourth-order valence-electron chi connectivity index (χ4n) is 2.85. The second-order valence-corrected chi connectivity index (χ2v) is 7.40. The lowest BCUT2D eigenvalue weighted by atomic mass is 10.1. The van der Waals surface area contributed by atoms with Crippen LogP contribution < -0.4 is 10.0 Å². The van der Waals surface area contributed by atoms with Gasteiger partial charge in [0.25, 0.3) is 0 Å². The van der Waals surface area contributed by atoms with E-state index in [0.29, 0.717) is 23.0 Å². The Bertz CT molecular complexity index is 587. The molecule has 0 atom stereocenters. The minimum absolute atomic E-state index is 0.00300. The van der Waals surface area contributed by atoms with Crippen molar-refractivity contribution in [1.29, 1.82) is 0 Å². The summed E-state index contributed by atoms with van der Waals surface area (Å²) in [6, 6.07) is 0.00300. The fraction of sp³-hybridized carbons (Fsp3) is 0.714. The molecule has 0 amide bonds. The van der Waals surface area contributed by atoms with Gasteiger partial charge in [-0.2, -0.15) is 0 Å². The van der Waals surface area contributed by atoms with E-state index in [4.69, 9.17) is 4.42 Å². The van der Waals surface area contributed by atoms with E-state index in [1.165, 1.54) is 0 Å². The lowest BCUT2D eigenvalue weighted by Gasteiger charge is -2.29. The molecule has 2 rings (SSSR count). The smallest absolute Gasteiger partial charge is 0.244 e. The number of furan rings is 1. The van der Waals surface area contributed by atoms with Crippen molar-refractivity contribution >= 4 is 10.0 Å². The van der Waals surface area contributed by atoms with E-state index >= 15 is 0 Å². The Labute approximate surface area is 126 Å². The molecule has 1 aromatic heterocycles. The highest BCUT2D eigenvalue weighted by atomic mass is 32.2. The van der Waals surface area contributed by atoms with Crippen LogP contribution in [0.15, 0.2) is 9.31 Å². The summed E-state index contributed by atoms with van der Waals surface area (Å²) in [5, 5.41) is 3.00. The predicted molar refractivity (Wildman–Crippen MR) is 81.8 cm³/mol. The van der Waals surface area contributed by atoms with Gasteiger partial charge in [0.1, 0.15) is 16.4 Å². The Kier molecular flexibility index (Phi) is 5.08. The largest absolute Gasteiger partial charge is 0.465 e. The number of likely N-dealkylation sites (tertiary alicyclic amines) is 1. The molecule has 7 heteroatoms. The van der Waals surface area contributed by atoms with Gasteiger partial charge in [0.15, 0.2) is 0 Å². The average molecular weight is 315 g/mol. The second-order valence-electron chi connectivity index (χ2n) is 5.75. The number of hydrogen-bond acceptors (Lipinski definition) is 5. The van der Waals surface area contributed by atoms with Crippen molar-refractivity contribution in [2.75, 3.05) is 27.2 Å². The molecule has 6 nitrogen and oxygen atoms in total. The third kappa shape index (κ3) is 3.66. The van der Waals surface area contributed by atoms with Crippen molar-refractivity contribution in [1.82, 2.24) is 14.9 Å². The molecule has 1 aliphatic heterocycles. The lowest BCUT2D eigenvalue weighted by molar-refractivity contribution is 0.248. The number of piperidine rings is 1. The van der Waals surface area contributed by atoms with Gasteiger partial charge in [0.2, 0.25) is 10.0 Å². The van der Waals surface area contributed by atoms with Gasteiger partial charge >= 0.3 is 0 Å². The van der Waals surface area contributed by atoms with Gasteiger partial charge in [-0.1, -0.05) is 0 Å². The summed E-state index contributed by atoms with van der Waals surface area (Å²) in [5.74, 6) is 1.11.